The Morgan fingerprint density at radius 2 is 1.66 bits per heavy atom. The lowest BCUT2D eigenvalue weighted by molar-refractivity contribution is -0.143. The molecule has 0 bridgehead atoms. The molecule has 1 aliphatic heterocycles. The quantitative estimate of drug-likeness (QED) is 0.0690. The minimum Gasteiger partial charge on any atom is -0.481 e. The van der Waals surface area contributed by atoms with Crippen LogP contribution in [-0.4, -0.2) is 83.1 Å². The number of rotatable bonds is 15. The Labute approximate surface area is 203 Å². The predicted molar refractivity (Wildman–Crippen MR) is 126 cm³/mol. The Morgan fingerprint density at radius 1 is 1.00 bits per heavy atom. The van der Waals surface area contributed by atoms with Crippen molar-refractivity contribution in [3.63, 3.8) is 0 Å². The highest BCUT2D eigenvalue weighted by Gasteiger charge is 2.32. The maximum Gasteiger partial charge on any atom is 0.326 e. The van der Waals surface area contributed by atoms with Gasteiger partial charge in [-0.2, -0.15) is 0 Å². The molecule has 1 rings (SSSR count). The van der Waals surface area contributed by atoms with Crippen molar-refractivity contribution in [3.05, 3.63) is 0 Å². The van der Waals surface area contributed by atoms with Crippen molar-refractivity contribution in [2.24, 2.45) is 22.4 Å². The summed E-state index contributed by atoms with van der Waals surface area (Å²) in [5.41, 5.74) is 10.5. The molecule has 4 unspecified atom stereocenters. The van der Waals surface area contributed by atoms with Crippen LogP contribution in [0.5, 0.6) is 0 Å². The van der Waals surface area contributed by atoms with Crippen LogP contribution in [0.3, 0.4) is 0 Å². The zero-order valence-electron chi connectivity index (χ0n) is 20.1. The van der Waals surface area contributed by atoms with E-state index in [1.807, 2.05) is 0 Å². The van der Waals surface area contributed by atoms with E-state index in [1.165, 1.54) is 0 Å². The zero-order chi connectivity index (χ0) is 26.5. The van der Waals surface area contributed by atoms with Crippen molar-refractivity contribution in [1.29, 1.82) is 0 Å². The number of carbonyl (C=O) groups excluding carboxylic acids is 3. The molecule has 0 aromatic heterocycles. The topological polar surface area (TPSA) is 238 Å². The molecular formula is C21H37N7O7. The normalized spacial score (nSPS) is 17.6. The second kappa shape index (κ2) is 14.8. The third-order valence-corrected chi connectivity index (χ3v) is 5.46. The average Bonchev–Trinajstić information content (AvgIpc) is 3.30. The lowest BCUT2D eigenvalue weighted by atomic mass is 10.0. The monoisotopic (exact) mass is 499 g/mol. The summed E-state index contributed by atoms with van der Waals surface area (Å²) in [5.74, 6) is -4.82. The number of amides is 3. The molecule has 10 N–H and O–H groups in total. The molecule has 4 atom stereocenters. The van der Waals surface area contributed by atoms with E-state index in [1.54, 1.807) is 13.8 Å². The van der Waals surface area contributed by atoms with Gasteiger partial charge in [0.1, 0.15) is 18.1 Å². The van der Waals surface area contributed by atoms with Crippen molar-refractivity contribution in [2.75, 3.05) is 13.1 Å². The van der Waals surface area contributed by atoms with Gasteiger partial charge in [-0.3, -0.25) is 24.2 Å². The number of guanidine groups is 1. The maximum atomic E-state index is 13.0. The van der Waals surface area contributed by atoms with Crippen molar-refractivity contribution in [2.45, 2.75) is 76.5 Å². The van der Waals surface area contributed by atoms with Crippen molar-refractivity contribution in [3.8, 4) is 0 Å². The Bertz CT molecular complexity index is 793. The molecule has 0 aromatic rings. The third kappa shape index (κ3) is 11.0. The van der Waals surface area contributed by atoms with Crippen molar-refractivity contribution < 1.29 is 34.2 Å². The summed E-state index contributed by atoms with van der Waals surface area (Å²) in [7, 11) is 0. The Kier molecular flexibility index (Phi) is 12.5. The Balaban J connectivity index is 2.88. The van der Waals surface area contributed by atoms with Crippen LogP contribution in [0.4, 0.5) is 0 Å². The SMILES string of the molecule is CC(C)C(NC(=O)C1CCCN1)C(=O)NC(CCC(=O)O)C(=O)NC(CCCN=C(N)N)C(=O)O. The van der Waals surface area contributed by atoms with Crippen molar-refractivity contribution >= 4 is 35.6 Å². The van der Waals surface area contributed by atoms with Crippen LogP contribution in [0.25, 0.3) is 0 Å². The minimum atomic E-state index is -1.32. The molecule has 1 saturated heterocycles. The highest BCUT2D eigenvalue weighted by molar-refractivity contribution is 5.94. The number of aliphatic carboxylic acids is 2. The zero-order valence-corrected chi connectivity index (χ0v) is 20.1. The van der Waals surface area contributed by atoms with Crippen LogP contribution >= 0.6 is 0 Å². The summed E-state index contributed by atoms with van der Waals surface area (Å²) >= 11 is 0. The van der Waals surface area contributed by atoms with Crippen LogP contribution in [0.15, 0.2) is 4.99 Å². The standard InChI is InChI=1S/C21H37N7O7/c1-11(2)16(28-17(31)12-5-3-9-24-12)19(33)26-13(7-8-15(29)30)18(32)27-14(20(34)35)6-4-10-25-21(22)23/h11-14,16,24H,3-10H2,1-2H3,(H,26,33)(H,27,32)(H,28,31)(H,29,30)(H,34,35)(H4,22,23,25). The number of hydrogen-bond acceptors (Lipinski definition) is 7. The van der Waals surface area contributed by atoms with Crippen LogP contribution in [0.2, 0.25) is 0 Å². The van der Waals surface area contributed by atoms with E-state index in [-0.39, 0.29) is 43.6 Å². The lowest BCUT2D eigenvalue weighted by Gasteiger charge is -2.27. The summed E-state index contributed by atoms with van der Waals surface area (Å²) < 4.78 is 0. The van der Waals surface area contributed by atoms with Gasteiger partial charge in [0.15, 0.2) is 5.96 Å². The number of carboxylic acids is 2. The van der Waals surface area contributed by atoms with E-state index in [0.29, 0.717) is 13.0 Å². The van der Waals surface area contributed by atoms with E-state index in [2.05, 4.69) is 26.3 Å². The van der Waals surface area contributed by atoms with E-state index in [9.17, 15) is 29.1 Å². The van der Waals surface area contributed by atoms with Gasteiger partial charge >= 0.3 is 11.9 Å². The van der Waals surface area contributed by atoms with Crippen LogP contribution in [-0.2, 0) is 24.0 Å². The number of nitrogens with zero attached hydrogens (tertiary/aromatic N) is 1. The van der Waals surface area contributed by atoms with E-state index >= 15 is 0 Å². The van der Waals surface area contributed by atoms with Gasteiger partial charge in [-0.25, -0.2) is 4.79 Å². The van der Waals surface area contributed by atoms with Gasteiger partial charge in [0.25, 0.3) is 0 Å². The molecule has 198 valence electrons. The molecule has 35 heavy (non-hydrogen) atoms. The summed E-state index contributed by atoms with van der Waals surface area (Å²) in [4.78, 5) is 64.7. The van der Waals surface area contributed by atoms with Crippen LogP contribution in [0, 0.1) is 5.92 Å². The smallest absolute Gasteiger partial charge is 0.326 e. The highest BCUT2D eigenvalue weighted by Crippen LogP contribution is 2.09. The number of carboxylic acid groups (broad SMARTS) is 2. The van der Waals surface area contributed by atoms with E-state index in [4.69, 9.17) is 16.6 Å². The first-order valence-electron chi connectivity index (χ1n) is 11.6. The van der Waals surface area contributed by atoms with Gasteiger partial charge in [-0.15, -0.1) is 0 Å². The van der Waals surface area contributed by atoms with Gasteiger partial charge in [0.05, 0.1) is 6.04 Å². The van der Waals surface area contributed by atoms with Gasteiger partial charge in [-0.1, -0.05) is 13.8 Å². The van der Waals surface area contributed by atoms with Gasteiger partial charge < -0.3 is 42.9 Å². The third-order valence-electron chi connectivity index (χ3n) is 5.46. The molecule has 0 saturated carbocycles. The molecule has 1 heterocycles. The highest BCUT2D eigenvalue weighted by atomic mass is 16.4. The molecule has 14 heteroatoms. The fourth-order valence-electron chi connectivity index (χ4n) is 3.53. The average molecular weight is 500 g/mol. The molecule has 0 aliphatic carbocycles. The first-order valence-corrected chi connectivity index (χ1v) is 11.6. The number of nitrogens with two attached hydrogens (primary N) is 2. The van der Waals surface area contributed by atoms with E-state index < -0.39 is 54.3 Å². The summed E-state index contributed by atoms with van der Waals surface area (Å²) in [6, 6.07) is -4.00. The summed E-state index contributed by atoms with van der Waals surface area (Å²) in [6.45, 7) is 4.30. The molecule has 3 amide bonds. The summed E-state index contributed by atoms with van der Waals surface area (Å²) in [5, 5.41) is 29.0. The Hall–Kier alpha value is -3.42. The fourth-order valence-corrected chi connectivity index (χ4v) is 3.53. The second-order valence-electron chi connectivity index (χ2n) is 8.72. The van der Waals surface area contributed by atoms with E-state index in [0.717, 1.165) is 6.42 Å². The number of carbonyl (C=O) groups is 5. The van der Waals surface area contributed by atoms with Gasteiger partial charge in [-0.05, 0) is 44.6 Å². The first kappa shape index (κ1) is 29.6. The molecular weight excluding hydrogens is 462 g/mol. The molecule has 0 aromatic carbocycles. The van der Waals surface area contributed by atoms with Crippen LogP contribution in [0.1, 0.15) is 52.4 Å². The first-order chi connectivity index (χ1) is 16.4. The number of hydrogen-bond donors (Lipinski definition) is 8. The second-order valence-corrected chi connectivity index (χ2v) is 8.72. The lowest BCUT2D eigenvalue weighted by Crippen LogP contribution is -2.58. The van der Waals surface area contributed by atoms with Gasteiger partial charge in [0.2, 0.25) is 17.7 Å². The minimum absolute atomic E-state index is 0.0104. The number of nitrogens with one attached hydrogen (secondary N) is 4. The summed E-state index contributed by atoms with van der Waals surface area (Å²) in [6.07, 6.45) is 1.04. The predicted octanol–water partition coefficient (Wildman–Crippen LogP) is -2.15. The van der Waals surface area contributed by atoms with Crippen LogP contribution < -0.4 is 32.7 Å². The molecule has 0 radical (unpaired) electrons. The molecule has 14 nitrogen and oxygen atoms in total. The van der Waals surface area contributed by atoms with Crippen molar-refractivity contribution in [1.82, 2.24) is 21.3 Å². The molecule has 1 aliphatic rings. The Morgan fingerprint density at radius 3 is 2.17 bits per heavy atom. The largest absolute Gasteiger partial charge is 0.481 e. The maximum absolute atomic E-state index is 13.0. The number of aliphatic imine (C=N–C) groups is 1. The molecule has 1 fully saturated rings. The fraction of sp³-hybridized carbons (Fsp3) is 0.714. The van der Waals surface area contributed by atoms with Gasteiger partial charge in [0, 0.05) is 13.0 Å². The molecule has 0 spiro atoms.